The Morgan fingerprint density at radius 3 is 2.33 bits per heavy atom. The molecule has 0 unspecified atom stereocenters. The molecule has 39 heavy (non-hydrogen) atoms. The SMILES string of the molecule is Cc1ccc(C)c(NC(=O)CSc2nnc(CNC(=O)COc3ccc(Cl)cc3)n2-c2cc(C)ccc2C)c1. The Hall–Kier alpha value is -3.82. The number of benzene rings is 3. The Kier molecular flexibility index (Phi) is 9.27. The Morgan fingerprint density at radius 1 is 0.897 bits per heavy atom. The topological polar surface area (TPSA) is 98.1 Å². The van der Waals surface area contributed by atoms with Gasteiger partial charge in [-0.3, -0.25) is 14.2 Å². The van der Waals surface area contributed by atoms with Gasteiger partial charge in [0.2, 0.25) is 5.91 Å². The second-order valence-corrected chi connectivity index (χ2v) is 10.6. The monoisotopic (exact) mass is 563 g/mol. The number of hydrogen-bond acceptors (Lipinski definition) is 6. The standard InChI is InChI=1S/C29H30ClN5O3S/c1-18-5-7-20(3)24(13-18)32-28(37)17-39-29-34-33-26(35(29)25-14-19(2)6-8-21(25)4)15-31-27(36)16-38-23-11-9-22(30)10-12-23/h5-14H,15-17H2,1-4H3,(H,31,36)(H,32,37). The molecule has 0 radical (unpaired) electrons. The number of aromatic nitrogens is 3. The van der Waals surface area contributed by atoms with Crippen LogP contribution < -0.4 is 15.4 Å². The fraction of sp³-hybridized carbons (Fsp3) is 0.241. The summed E-state index contributed by atoms with van der Waals surface area (Å²) in [7, 11) is 0. The van der Waals surface area contributed by atoms with E-state index in [-0.39, 0.29) is 30.7 Å². The number of halogens is 1. The van der Waals surface area contributed by atoms with Gasteiger partial charge in [0.25, 0.3) is 5.91 Å². The maximum Gasteiger partial charge on any atom is 0.258 e. The van der Waals surface area contributed by atoms with E-state index >= 15 is 0 Å². The first-order valence-electron chi connectivity index (χ1n) is 12.4. The molecular weight excluding hydrogens is 534 g/mol. The van der Waals surface area contributed by atoms with E-state index in [2.05, 4.69) is 20.8 Å². The summed E-state index contributed by atoms with van der Waals surface area (Å²) in [6, 6.07) is 18.8. The number of aryl methyl sites for hydroxylation is 4. The average Bonchev–Trinajstić information content (AvgIpc) is 3.32. The highest BCUT2D eigenvalue weighted by Crippen LogP contribution is 2.26. The summed E-state index contributed by atoms with van der Waals surface area (Å²) in [4.78, 5) is 25.3. The molecule has 1 heterocycles. The number of anilines is 1. The van der Waals surface area contributed by atoms with Crippen molar-refractivity contribution in [2.45, 2.75) is 39.4 Å². The molecule has 0 saturated heterocycles. The number of rotatable bonds is 10. The van der Waals surface area contributed by atoms with Crippen LogP contribution in [-0.2, 0) is 16.1 Å². The van der Waals surface area contributed by atoms with Crippen LogP contribution in [0, 0.1) is 27.7 Å². The minimum absolute atomic E-state index is 0.137. The fourth-order valence-electron chi connectivity index (χ4n) is 3.81. The molecule has 0 aliphatic rings. The third-order valence-corrected chi connectivity index (χ3v) is 7.11. The fourth-order valence-corrected chi connectivity index (χ4v) is 4.70. The van der Waals surface area contributed by atoms with Crippen LogP contribution >= 0.6 is 23.4 Å². The number of amides is 2. The summed E-state index contributed by atoms with van der Waals surface area (Å²) in [5.41, 5.74) is 5.83. The smallest absolute Gasteiger partial charge is 0.258 e. The van der Waals surface area contributed by atoms with Crippen molar-refractivity contribution in [1.29, 1.82) is 0 Å². The lowest BCUT2D eigenvalue weighted by Gasteiger charge is -2.14. The molecule has 0 saturated carbocycles. The van der Waals surface area contributed by atoms with Gasteiger partial charge in [0, 0.05) is 10.7 Å². The molecule has 0 aliphatic heterocycles. The number of carbonyl (C=O) groups is 2. The highest BCUT2D eigenvalue weighted by atomic mass is 35.5. The summed E-state index contributed by atoms with van der Waals surface area (Å²) in [5, 5.41) is 15.7. The van der Waals surface area contributed by atoms with Gasteiger partial charge in [-0.05, 0) is 86.3 Å². The number of carbonyl (C=O) groups excluding carboxylic acids is 2. The summed E-state index contributed by atoms with van der Waals surface area (Å²) in [6.45, 7) is 7.94. The molecule has 10 heteroatoms. The predicted octanol–water partition coefficient (Wildman–Crippen LogP) is 5.58. The second-order valence-electron chi connectivity index (χ2n) is 9.20. The quantitative estimate of drug-likeness (QED) is 0.244. The molecular formula is C29H30ClN5O3S. The highest BCUT2D eigenvalue weighted by molar-refractivity contribution is 7.99. The van der Waals surface area contributed by atoms with Crippen LogP contribution in [0.25, 0.3) is 5.69 Å². The van der Waals surface area contributed by atoms with E-state index < -0.39 is 0 Å². The van der Waals surface area contributed by atoms with Crippen molar-refractivity contribution < 1.29 is 14.3 Å². The zero-order valence-corrected chi connectivity index (χ0v) is 23.8. The number of ether oxygens (including phenoxy) is 1. The van der Waals surface area contributed by atoms with E-state index in [4.69, 9.17) is 16.3 Å². The number of nitrogens with zero attached hydrogens (tertiary/aromatic N) is 3. The van der Waals surface area contributed by atoms with Gasteiger partial charge in [-0.1, -0.05) is 47.6 Å². The van der Waals surface area contributed by atoms with Crippen LogP contribution in [0.2, 0.25) is 5.02 Å². The third kappa shape index (κ3) is 7.61. The molecule has 0 atom stereocenters. The number of nitrogens with one attached hydrogen (secondary N) is 2. The predicted molar refractivity (Wildman–Crippen MR) is 155 cm³/mol. The van der Waals surface area contributed by atoms with Gasteiger partial charge < -0.3 is 15.4 Å². The normalized spacial score (nSPS) is 10.8. The van der Waals surface area contributed by atoms with Gasteiger partial charge in [0.15, 0.2) is 17.6 Å². The van der Waals surface area contributed by atoms with Gasteiger partial charge in [-0.25, -0.2) is 0 Å². The maximum atomic E-state index is 12.8. The van der Waals surface area contributed by atoms with Gasteiger partial charge in [0.05, 0.1) is 18.0 Å². The van der Waals surface area contributed by atoms with E-state index in [9.17, 15) is 9.59 Å². The Labute approximate surface area is 237 Å². The number of hydrogen-bond donors (Lipinski definition) is 2. The molecule has 4 rings (SSSR count). The Balaban J connectivity index is 1.47. The van der Waals surface area contributed by atoms with Crippen molar-refractivity contribution in [3.05, 3.63) is 93.8 Å². The summed E-state index contributed by atoms with van der Waals surface area (Å²) in [5.74, 6) is 0.797. The lowest BCUT2D eigenvalue weighted by atomic mass is 10.1. The zero-order chi connectivity index (χ0) is 27.9. The zero-order valence-electron chi connectivity index (χ0n) is 22.2. The maximum absolute atomic E-state index is 12.8. The minimum Gasteiger partial charge on any atom is -0.484 e. The van der Waals surface area contributed by atoms with Gasteiger partial charge in [0.1, 0.15) is 5.75 Å². The average molecular weight is 564 g/mol. The molecule has 8 nitrogen and oxygen atoms in total. The molecule has 3 aromatic carbocycles. The minimum atomic E-state index is -0.303. The van der Waals surface area contributed by atoms with E-state index in [0.29, 0.717) is 21.8 Å². The third-order valence-electron chi connectivity index (χ3n) is 5.93. The molecule has 4 aromatic rings. The summed E-state index contributed by atoms with van der Waals surface area (Å²) >= 11 is 7.18. The first-order valence-corrected chi connectivity index (χ1v) is 13.7. The van der Waals surface area contributed by atoms with Crippen LogP contribution in [0.3, 0.4) is 0 Å². The molecule has 0 aliphatic carbocycles. The molecule has 2 amide bonds. The van der Waals surface area contributed by atoms with Crippen LogP contribution in [0.1, 0.15) is 28.1 Å². The molecule has 0 bridgehead atoms. The van der Waals surface area contributed by atoms with Crippen LogP contribution in [0.15, 0.2) is 65.8 Å². The van der Waals surface area contributed by atoms with Crippen LogP contribution in [-0.4, -0.2) is 38.9 Å². The van der Waals surface area contributed by atoms with Crippen molar-refractivity contribution in [3.63, 3.8) is 0 Å². The molecule has 0 spiro atoms. The van der Waals surface area contributed by atoms with Gasteiger partial charge in [-0.2, -0.15) is 0 Å². The molecule has 0 fully saturated rings. The van der Waals surface area contributed by atoms with Crippen molar-refractivity contribution in [1.82, 2.24) is 20.1 Å². The summed E-state index contributed by atoms with van der Waals surface area (Å²) < 4.78 is 7.42. The molecule has 2 N–H and O–H groups in total. The summed E-state index contributed by atoms with van der Waals surface area (Å²) in [6.07, 6.45) is 0. The van der Waals surface area contributed by atoms with E-state index in [1.165, 1.54) is 11.8 Å². The second kappa shape index (κ2) is 12.8. The van der Waals surface area contributed by atoms with Crippen molar-refractivity contribution in [2.75, 3.05) is 17.7 Å². The van der Waals surface area contributed by atoms with Crippen molar-refractivity contribution in [3.8, 4) is 11.4 Å². The largest absolute Gasteiger partial charge is 0.484 e. The van der Waals surface area contributed by atoms with E-state index in [0.717, 1.165) is 33.6 Å². The Bertz CT molecular complexity index is 1490. The van der Waals surface area contributed by atoms with Gasteiger partial charge >= 0.3 is 0 Å². The number of thioether (sulfide) groups is 1. The first kappa shape index (κ1) is 28.2. The lowest BCUT2D eigenvalue weighted by molar-refractivity contribution is -0.123. The van der Waals surface area contributed by atoms with Crippen molar-refractivity contribution in [2.24, 2.45) is 0 Å². The molecule has 202 valence electrons. The van der Waals surface area contributed by atoms with Gasteiger partial charge in [-0.15, -0.1) is 10.2 Å². The van der Waals surface area contributed by atoms with Crippen molar-refractivity contribution >= 4 is 40.9 Å². The highest BCUT2D eigenvalue weighted by Gasteiger charge is 2.18. The molecule has 1 aromatic heterocycles. The van der Waals surface area contributed by atoms with E-state index in [1.807, 2.05) is 68.7 Å². The first-order chi connectivity index (χ1) is 18.7. The Morgan fingerprint density at radius 2 is 1.59 bits per heavy atom. The lowest BCUT2D eigenvalue weighted by Crippen LogP contribution is -2.29. The van der Waals surface area contributed by atoms with Crippen LogP contribution in [0.4, 0.5) is 5.69 Å². The van der Waals surface area contributed by atoms with E-state index in [1.54, 1.807) is 24.3 Å². The van der Waals surface area contributed by atoms with Crippen LogP contribution in [0.5, 0.6) is 5.75 Å².